The Morgan fingerprint density at radius 3 is 2.50 bits per heavy atom. The van der Waals surface area contributed by atoms with Crippen LogP contribution in [0.5, 0.6) is 0 Å². The summed E-state index contributed by atoms with van der Waals surface area (Å²) in [4.78, 5) is 8.65. The normalized spacial score (nSPS) is 11.5. The Bertz CT molecular complexity index is 783. The Hall–Kier alpha value is -2.20. The third-order valence-corrected chi connectivity index (χ3v) is 4.85. The van der Waals surface area contributed by atoms with Crippen LogP contribution in [0.3, 0.4) is 0 Å². The van der Waals surface area contributed by atoms with Crippen LogP contribution < -0.4 is 15.4 Å². The van der Waals surface area contributed by atoms with E-state index < -0.39 is 10.0 Å². The molecule has 2 heterocycles. The lowest BCUT2D eigenvalue weighted by atomic mass is 10.4. The van der Waals surface area contributed by atoms with Gasteiger partial charge in [-0.15, -0.1) is 0 Å². The maximum atomic E-state index is 12.3. The Kier molecular flexibility index (Phi) is 5.73. The van der Waals surface area contributed by atoms with Gasteiger partial charge >= 0.3 is 0 Å². The summed E-state index contributed by atoms with van der Waals surface area (Å²) in [6.45, 7) is 8.29. The van der Waals surface area contributed by atoms with E-state index in [0.717, 1.165) is 18.1 Å². The number of aryl methyl sites for hydroxylation is 3. The van der Waals surface area contributed by atoms with Crippen LogP contribution in [-0.2, 0) is 10.0 Å². The van der Waals surface area contributed by atoms with Gasteiger partial charge in [0.15, 0.2) is 5.76 Å². The molecular formula is C14H22N6O3S. The van der Waals surface area contributed by atoms with Gasteiger partial charge in [0, 0.05) is 31.4 Å². The average molecular weight is 354 g/mol. The van der Waals surface area contributed by atoms with Gasteiger partial charge in [-0.25, -0.2) is 18.1 Å². The first-order valence-corrected chi connectivity index (χ1v) is 9.07. The maximum absolute atomic E-state index is 12.3. The lowest BCUT2D eigenvalue weighted by molar-refractivity contribution is 0.390. The molecule has 9 nitrogen and oxygen atoms in total. The van der Waals surface area contributed by atoms with E-state index in [0.29, 0.717) is 18.2 Å². The molecule has 0 unspecified atom stereocenters. The number of rotatable bonds is 8. The Balaban J connectivity index is 1.93. The van der Waals surface area contributed by atoms with Crippen LogP contribution in [-0.4, -0.2) is 43.2 Å². The summed E-state index contributed by atoms with van der Waals surface area (Å²) in [5, 5.41) is 9.78. The molecule has 0 aliphatic heterocycles. The second-order valence-corrected chi connectivity index (χ2v) is 6.93. The molecule has 0 aliphatic carbocycles. The van der Waals surface area contributed by atoms with Gasteiger partial charge in [0.2, 0.25) is 16.0 Å². The summed E-state index contributed by atoms with van der Waals surface area (Å²) in [6, 6.07) is 1.84. The summed E-state index contributed by atoms with van der Waals surface area (Å²) in [5.74, 6) is 1.44. The first kappa shape index (κ1) is 18.1. The molecule has 0 fully saturated rings. The van der Waals surface area contributed by atoms with Gasteiger partial charge in [-0.1, -0.05) is 5.16 Å². The molecule has 10 heteroatoms. The van der Waals surface area contributed by atoms with Gasteiger partial charge in [0.25, 0.3) is 0 Å². The van der Waals surface area contributed by atoms with E-state index in [1.54, 1.807) is 13.8 Å². The molecular weight excluding hydrogens is 332 g/mol. The summed E-state index contributed by atoms with van der Waals surface area (Å²) < 4.78 is 31.9. The van der Waals surface area contributed by atoms with Crippen LogP contribution in [0.2, 0.25) is 0 Å². The van der Waals surface area contributed by atoms with Gasteiger partial charge in [-0.05, 0) is 27.7 Å². The van der Waals surface area contributed by atoms with E-state index in [4.69, 9.17) is 4.52 Å². The molecule has 0 aliphatic rings. The molecule has 0 atom stereocenters. The fourth-order valence-electron chi connectivity index (χ4n) is 2.21. The van der Waals surface area contributed by atoms with Crippen molar-refractivity contribution in [2.45, 2.75) is 32.6 Å². The van der Waals surface area contributed by atoms with Crippen LogP contribution in [0, 0.1) is 20.8 Å². The van der Waals surface area contributed by atoms with E-state index in [2.05, 4.69) is 30.5 Å². The molecule has 0 radical (unpaired) electrons. The number of nitrogens with zero attached hydrogens (tertiary/aromatic N) is 3. The van der Waals surface area contributed by atoms with Crippen LogP contribution in [0.25, 0.3) is 0 Å². The molecule has 0 saturated heterocycles. The predicted octanol–water partition coefficient (Wildman–Crippen LogP) is 1.21. The fourth-order valence-corrected chi connectivity index (χ4v) is 3.57. The zero-order valence-electron chi connectivity index (χ0n) is 14.2. The predicted molar refractivity (Wildman–Crippen MR) is 90.6 cm³/mol. The number of hydrogen-bond donors (Lipinski definition) is 3. The summed E-state index contributed by atoms with van der Waals surface area (Å²) in [5.41, 5.74) is 1.16. The highest BCUT2D eigenvalue weighted by Crippen LogP contribution is 2.18. The van der Waals surface area contributed by atoms with Crippen LogP contribution >= 0.6 is 0 Å². The van der Waals surface area contributed by atoms with Crippen molar-refractivity contribution in [1.82, 2.24) is 19.8 Å². The summed E-state index contributed by atoms with van der Waals surface area (Å²) in [6.07, 6.45) is 0. The molecule has 0 aromatic carbocycles. The molecule has 2 aromatic rings. The summed E-state index contributed by atoms with van der Waals surface area (Å²) in [7, 11) is -3.66. The molecule has 2 aromatic heterocycles. The van der Waals surface area contributed by atoms with Gasteiger partial charge in [-0.2, -0.15) is 4.98 Å². The average Bonchev–Trinajstić information content (AvgIpc) is 2.83. The minimum Gasteiger partial charge on any atom is -0.370 e. The van der Waals surface area contributed by atoms with E-state index in [1.807, 2.05) is 19.9 Å². The van der Waals surface area contributed by atoms with Crippen molar-refractivity contribution in [2.75, 3.05) is 30.3 Å². The van der Waals surface area contributed by atoms with Crippen molar-refractivity contribution >= 4 is 21.8 Å². The smallest absolute Gasteiger partial charge is 0.246 e. The summed E-state index contributed by atoms with van der Waals surface area (Å²) >= 11 is 0. The van der Waals surface area contributed by atoms with Crippen molar-refractivity contribution in [3.05, 3.63) is 23.2 Å². The van der Waals surface area contributed by atoms with Crippen molar-refractivity contribution in [3.8, 4) is 0 Å². The maximum Gasteiger partial charge on any atom is 0.246 e. The molecule has 0 saturated carbocycles. The molecule has 3 N–H and O–H groups in total. The highest BCUT2D eigenvalue weighted by Gasteiger charge is 2.23. The molecule has 24 heavy (non-hydrogen) atoms. The van der Waals surface area contributed by atoms with E-state index >= 15 is 0 Å². The first-order valence-electron chi connectivity index (χ1n) is 7.59. The van der Waals surface area contributed by atoms with Crippen molar-refractivity contribution in [2.24, 2.45) is 0 Å². The topological polar surface area (TPSA) is 122 Å². The lowest BCUT2D eigenvalue weighted by Crippen LogP contribution is -2.29. The van der Waals surface area contributed by atoms with E-state index in [1.165, 1.54) is 0 Å². The Morgan fingerprint density at radius 1 is 1.12 bits per heavy atom. The number of anilines is 2. The van der Waals surface area contributed by atoms with Crippen LogP contribution in [0.15, 0.2) is 15.5 Å². The SMILES string of the molecule is CCNc1cc(C)nc(NCCNS(=O)(=O)c2c(C)noc2C)n1. The minimum absolute atomic E-state index is 0.0868. The molecule has 0 bridgehead atoms. The monoisotopic (exact) mass is 354 g/mol. The number of sulfonamides is 1. The van der Waals surface area contributed by atoms with Gasteiger partial charge < -0.3 is 15.2 Å². The number of hydrogen-bond acceptors (Lipinski definition) is 8. The highest BCUT2D eigenvalue weighted by molar-refractivity contribution is 7.89. The zero-order chi connectivity index (χ0) is 17.7. The second kappa shape index (κ2) is 7.58. The quantitative estimate of drug-likeness (QED) is 0.605. The molecule has 132 valence electrons. The van der Waals surface area contributed by atoms with E-state index in [-0.39, 0.29) is 17.2 Å². The second-order valence-electron chi connectivity index (χ2n) is 5.23. The fraction of sp³-hybridized carbons (Fsp3) is 0.500. The largest absolute Gasteiger partial charge is 0.370 e. The highest BCUT2D eigenvalue weighted by atomic mass is 32.2. The molecule has 0 amide bonds. The van der Waals surface area contributed by atoms with Gasteiger partial charge in [-0.3, -0.25) is 0 Å². The standard InChI is InChI=1S/C14H22N6O3S/c1-5-15-12-8-9(2)18-14(19-12)16-6-7-17-24(21,22)13-10(3)20-23-11(13)4/h8,17H,5-7H2,1-4H3,(H2,15,16,18,19). The lowest BCUT2D eigenvalue weighted by Gasteiger charge is -2.10. The third-order valence-electron chi connectivity index (χ3n) is 3.15. The first-order chi connectivity index (χ1) is 11.3. The minimum atomic E-state index is -3.66. The number of nitrogens with one attached hydrogen (secondary N) is 3. The van der Waals surface area contributed by atoms with Crippen molar-refractivity contribution in [3.63, 3.8) is 0 Å². The Morgan fingerprint density at radius 2 is 1.88 bits per heavy atom. The Labute approximate surface area is 141 Å². The molecule has 2 rings (SSSR count). The molecule has 0 spiro atoms. The van der Waals surface area contributed by atoms with E-state index in [9.17, 15) is 8.42 Å². The third kappa shape index (κ3) is 4.42. The van der Waals surface area contributed by atoms with Crippen LogP contribution in [0.1, 0.15) is 24.1 Å². The van der Waals surface area contributed by atoms with Gasteiger partial charge in [0.05, 0.1) is 0 Å². The number of aromatic nitrogens is 3. The van der Waals surface area contributed by atoms with Crippen molar-refractivity contribution in [1.29, 1.82) is 0 Å². The van der Waals surface area contributed by atoms with Gasteiger partial charge in [0.1, 0.15) is 16.4 Å². The van der Waals surface area contributed by atoms with Crippen molar-refractivity contribution < 1.29 is 12.9 Å². The van der Waals surface area contributed by atoms with Crippen LogP contribution in [0.4, 0.5) is 11.8 Å². The zero-order valence-corrected chi connectivity index (χ0v) is 15.0.